The summed E-state index contributed by atoms with van der Waals surface area (Å²) in [5, 5.41) is 7.56. The molecule has 7 nitrogen and oxygen atoms in total. The van der Waals surface area contributed by atoms with Gasteiger partial charge in [-0.3, -0.25) is 4.79 Å². The first kappa shape index (κ1) is 20.7. The van der Waals surface area contributed by atoms with Gasteiger partial charge in [-0.2, -0.15) is 4.68 Å². The van der Waals surface area contributed by atoms with Crippen molar-refractivity contribution in [3.05, 3.63) is 81.6 Å². The summed E-state index contributed by atoms with van der Waals surface area (Å²) in [5.41, 5.74) is 4.79. The van der Waals surface area contributed by atoms with Crippen LogP contribution in [0.2, 0.25) is 0 Å². The fraction of sp³-hybridized carbons (Fsp3) is 0.292. The van der Waals surface area contributed by atoms with Crippen LogP contribution in [0.5, 0.6) is 0 Å². The summed E-state index contributed by atoms with van der Waals surface area (Å²) in [6.45, 7) is 8.54. The van der Waals surface area contributed by atoms with Crippen molar-refractivity contribution < 1.29 is 4.79 Å². The second kappa shape index (κ2) is 8.63. The first-order valence-corrected chi connectivity index (χ1v) is 10.5. The number of aromatic nitrogens is 2. The number of rotatable bonds is 3. The molecule has 2 aromatic carbocycles. The number of nitrogens with one attached hydrogen (secondary N) is 1. The van der Waals surface area contributed by atoms with Crippen molar-refractivity contribution in [3.8, 4) is 5.69 Å². The van der Waals surface area contributed by atoms with Crippen molar-refractivity contribution in [2.24, 2.45) is 0 Å². The van der Waals surface area contributed by atoms with E-state index in [2.05, 4.69) is 15.3 Å². The van der Waals surface area contributed by atoms with Gasteiger partial charge in [-0.25, -0.2) is 4.79 Å². The van der Waals surface area contributed by atoms with Crippen LogP contribution in [0.25, 0.3) is 5.69 Å². The predicted molar refractivity (Wildman–Crippen MR) is 123 cm³/mol. The zero-order chi connectivity index (χ0) is 22.0. The number of carbonyl (C=O) groups is 1. The van der Waals surface area contributed by atoms with Gasteiger partial charge in [-0.15, -0.1) is 5.10 Å². The van der Waals surface area contributed by atoms with Crippen LogP contribution in [-0.2, 0) is 0 Å². The van der Waals surface area contributed by atoms with E-state index in [0.29, 0.717) is 26.2 Å². The van der Waals surface area contributed by atoms with E-state index in [1.165, 1.54) is 10.2 Å². The van der Waals surface area contributed by atoms with Crippen LogP contribution in [0.4, 0.5) is 16.3 Å². The number of piperazine rings is 1. The largest absolute Gasteiger partial charge is 0.352 e. The van der Waals surface area contributed by atoms with Crippen molar-refractivity contribution >= 4 is 17.5 Å². The Balaban J connectivity index is 1.44. The molecule has 1 aromatic heterocycles. The monoisotopic (exact) mass is 417 g/mol. The molecule has 1 fully saturated rings. The Morgan fingerprint density at radius 2 is 1.68 bits per heavy atom. The Labute approximate surface area is 181 Å². The van der Waals surface area contributed by atoms with Gasteiger partial charge in [0.05, 0.1) is 5.69 Å². The summed E-state index contributed by atoms with van der Waals surface area (Å²) in [6.07, 6.45) is 0. The zero-order valence-corrected chi connectivity index (χ0v) is 18.1. The number of hydrogen-bond acceptors (Lipinski definition) is 4. The molecule has 0 spiro atoms. The minimum Gasteiger partial charge on any atom is -0.352 e. The van der Waals surface area contributed by atoms with Crippen molar-refractivity contribution in [1.29, 1.82) is 0 Å². The number of anilines is 2. The fourth-order valence-electron chi connectivity index (χ4n) is 3.68. The summed E-state index contributed by atoms with van der Waals surface area (Å²) in [7, 11) is 0. The molecule has 0 bridgehead atoms. The lowest BCUT2D eigenvalue weighted by Gasteiger charge is -2.35. The molecule has 31 heavy (non-hydrogen) atoms. The maximum absolute atomic E-state index is 12.6. The quantitative estimate of drug-likeness (QED) is 0.708. The molecule has 3 aromatic rings. The summed E-state index contributed by atoms with van der Waals surface area (Å²) in [5.74, 6) is 0.733. The maximum Gasteiger partial charge on any atom is 0.321 e. The second-order valence-corrected chi connectivity index (χ2v) is 7.98. The first-order valence-electron chi connectivity index (χ1n) is 10.5. The Morgan fingerprint density at radius 1 is 0.903 bits per heavy atom. The molecule has 0 radical (unpaired) electrons. The normalized spacial score (nSPS) is 13.9. The minimum atomic E-state index is -0.164. The number of aryl methyl sites for hydroxylation is 3. The number of carbonyl (C=O) groups excluding carboxylic acids is 1. The van der Waals surface area contributed by atoms with Gasteiger partial charge in [0.15, 0.2) is 0 Å². The van der Waals surface area contributed by atoms with Gasteiger partial charge in [0.2, 0.25) is 0 Å². The summed E-state index contributed by atoms with van der Waals surface area (Å²) < 4.78 is 1.44. The number of nitrogens with zero attached hydrogens (tertiary/aromatic N) is 4. The third-order valence-electron chi connectivity index (χ3n) is 5.68. The van der Waals surface area contributed by atoms with Crippen LogP contribution in [-0.4, -0.2) is 46.9 Å². The molecule has 1 N–H and O–H groups in total. The molecule has 1 aliphatic rings. The van der Waals surface area contributed by atoms with Gasteiger partial charge in [-0.05, 0) is 67.8 Å². The Bertz CT molecular complexity index is 1160. The molecule has 0 unspecified atom stereocenters. The van der Waals surface area contributed by atoms with Gasteiger partial charge in [0.1, 0.15) is 5.82 Å². The first-order chi connectivity index (χ1) is 14.9. The third-order valence-corrected chi connectivity index (χ3v) is 5.68. The highest BCUT2D eigenvalue weighted by Crippen LogP contribution is 2.17. The molecule has 160 valence electrons. The van der Waals surface area contributed by atoms with E-state index in [1.54, 1.807) is 17.0 Å². The average molecular weight is 418 g/mol. The van der Waals surface area contributed by atoms with E-state index in [0.717, 1.165) is 28.3 Å². The molecule has 0 saturated carbocycles. The minimum absolute atomic E-state index is 0.0988. The van der Waals surface area contributed by atoms with Gasteiger partial charge in [0.25, 0.3) is 5.56 Å². The lowest BCUT2D eigenvalue weighted by atomic mass is 10.1. The van der Waals surface area contributed by atoms with E-state index in [-0.39, 0.29) is 11.6 Å². The zero-order valence-electron chi connectivity index (χ0n) is 18.1. The molecule has 1 saturated heterocycles. The fourth-order valence-corrected chi connectivity index (χ4v) is 3.68. The molecular formula is C24H27N5O2. The van der Waals surface area contributed by atoms with Gasteiger partial charge in [-0.1, -0.05) is 18.2 Å². The molecular weight excluding hydrogens is 390 g/mol. The van der Waals surface area contributed by atoms with Crippen LogP contribution in [0.3, 0.4) is 0 Å². The Kier molecular flexibility index (Phi) is 5.75. The number of benzene rings is 2. The Morgan fingerprint density at radius 3 is 2.39 bits per heavy atom. The van der Waals surface area contributed by atoms with Crippen molar-refractivity contribution in [3.63, 3.8) is 0 Å². The molecule has 1 aliphatic heterocycles. The van der Waals surface area contributed by atoms with Crippen molar-refractivity contribution in [2.75, 3.05) is 36.4 Å². The molecule has 0 atom stereocenters. The van der Waals surface area contributed by atoms with Crippen molar-refractivity contribution in [2.45, 2.75) is 20.8 Å². The van der Waals surface area contributed by atoms with Crippen LogP contribution in [0.1, 0.15) is 16.7 Å². The summed E-state index contributed by atoms with van der Waals surface area (Å²) in [6, 6.07) is 16.9. The van der Waals surface area contributed by atoms with Crippen LogP contribution in [0, 0.1) is 20.8 Å². The highest BCUT2D eigenvalue weighted by atomic mass is 16.2. The Hall–Kier alpha value is -3.61. The van der Waals surface area contributed by atoms with Gasteiger partial charge < -0.3 is 15.1 Å². The smallest absolute Gasteiger partial charge is 0.321 e. The van der Waals surface area contributed by atoms with Crippen LogP contribution >= 0.6 is 0 Å². The summed E-state index contributed by atoms with van der Waals surface area (Å²) in [4.78, 5) is 28.9. The van der Waals surface area contributed by atoms with E-state index in [9.17, 15) is 9.59 Å². The number of urea groups is 1. The maximum atomic E-state index is 12.6. The summed E-state index contributed by atoms with van der Waals surface area (Å²) >= 11 is 0. The standard InChI is InChI=1S/C24H27N5O2/c1-17-5-4-6-20(15-17)25-24(31)28-13-11-27(12-14-28)22-9-10-23(30)29(26-22)21-8-7-18(2)19(3)16-21/h4-10,15-16H,11-14H2,1-3H3,(H,25,31). The molecule has 4 rings (SSSR count). The number of amides is 2. The SMILES string of the molecule is Cc1cccc(NC(=O)N2CCN(c3ccc(=O)n(-c4ccc(C)c(C)c4)n3)CC2)c1. The number of hydrogen-bond donors (Lipinski definition) is 1. The lowest BCUT2D eigenvalue weighted by Crippen LogP contribution is -2.50. The third kappa shape index (κ3) is 4.60. The highest BCUT2D eigenvalue weighted by molar-refractivity contribution is 5.89. The highest BCUT2D eigenvalue weighted by Gasteiger charge is 2.22. The van der Waals surface area contributed by atoms with Crippen molar-refractivity contribution in [1.82, 2.24) is 14.7 Å². The van der Waals surface area contributed by atoms with Gasteiger partial charge >= 0.3 is 6.03 Å². The lowest BCUT2D eigenvalue weighted by molar-refractivity contribution is 0.208. The predicted octanol–water partition coefficient (Wildman–Crippen LogP) is 3.51. The molecule has 0 aliphatic carbocycles. The molecule has 2 heterocycles. The second-order valence-electron chi connectivity index (χ2n) is 7.98. The van der Waals surface area contributed by atoms with Gasteiger partial charge in [0, 0.05) is 37.9 Å². The average Bonchev–Trinajstić information content (AvgIpc) is 2.76. The molecule has 7 heteroatoms. The van der Waals surface area contributed by atoms with E-state index in [4.69, 9.17) is 0 Å². The van der Waals surface area contributed by atoms with Crippen LogP contribution < -0.4 is 15.8 Å². The van der Waals surface area contributed by atoms with E-state index >= 15 is 0 Å². The van der Waals surface area contributed by atoms with E-state index < -0.39 is 0 Å². The molecule has 2 amide bonds. The van der Waals surface area contributed by atoms with E-state index in [1.807, 2.05) is 63.2 Å². The topological polar surface area (TPSA) is 70.5 Å². The van der Waals surface area contributed by atoms with Crippen LogP contribution in [0.15, 0.2) is 59.4 Å².